The zero-order valence-electron chi connectivity index (χ0n) is 14.6. The topological polar surface area (TPSA) is 86.7 Å². The summed E-state index contributed by atoms with van der Waals surface area (Å²) in [5.74, 6) is -0.0521. The van der Waals surface area contributed by atoms with E-state index in [1.165, 1.54) is 25.3 Å². The van der Waals surface area contributed by atoms with Crippen molar-refractivity contribution < 1.29 is 52.4 Å². The van der Waals surface area contributed by atoms with Crippen molar-refractivity contribution in [1.29, 1.82) is 0 Å². The Morgan fingerprint density at radius 3 is 2.48 bits per heavy atom. The molecule has 0 amide bonds. The first-order valence-corrected chi connectivity index (χ1v) is 9.39. The van der Waals surface area contributed by atoms with E-state index in [1.54, 1.807) is 6.07 Å². The normalized spacial score (nSPS) is 11.0. The van der Waals surface area contributed by atoms with Crippen molar-refractivity contribution in [3.63, 3.8) is 0 Å². The number of unbranched alkanes of at least 4 members (excludes halogenated alkanes) is 3. The van der Waals surface area contributed by atoms with Gasteiger partial charge in [0.15, 0.2) is 0 Å². The molecule has 0 saturated heterocycles. The maximum absolute atomic E-state index is 11.9. The third-order valence-electron chi connectivity index (χ3n) is 3.66. The van der Waals surface area contributed by atoms with Gasteiger partial charge in [-0.1, -0.05) is 44.1 Å². The van der Waals surface area contributed by atoms with Gasteiger partial charge in [0.25, 0.3) is 10.1 Å². The van der Waals surface area contributed by atoms with E-state index < -0.39 is 20.8 Å². The summed E-state index contributed by atoms with van der Waals surface area (Å²) in [4.78, 5) is -0.440. The molecule has 0 aromatic heterocycles. The fourth-order valence-electron chi connectivity index (χ4n) is 2.38. The van der Waals surface area contributed by atoms with Crippen molar-refractivity contribution in [3.05, 3.63) is 48.0 Å². The van der Waals surface area contributed by atoms with Crippen molar-refractivity contribution in [2.45, 2.75) is 43.9 Å². The van der Waals surface area contributed by atoms with E-state index in [4.69, 9.17) is 9.29 Å². The monoisotopic (exact) mass is 372 g/mol. The van der Waals surface area contributed by atoms with Crippen LogP contribution in [0.5, 0.6) is 17.2 Å². The second-order valence-corrected chi connectivity index (χ2v) is 7.07. The third kappa shape index (κ3) is 6.99. The summed E-state index contributed by atoms with van der Waals surface area (Å²) in [7, 11) is -4.39. The van der Waals surface area contributed by atoms with Gasteiger partial charge in [-0.2, -0.15) is 8.42 Å². The average Bonchev–Trinajstić information content (AvgIpc) is 2.53. The number of hydrogen-bond acceptors (Lipinski definition) is 4. The molecule has 2 rings (SSSR count). The Balaban J connectivity index is 0.00000312. The van der Waals surface area contributed by atoms with Crippen molar-refractivity contribution in [2.24, 2.45) is 0 Å². The Morgan fingerprint density at radius 1 is 1.08 bits per heavy atom. The number of ether oxygens (including phenoxy) is 1. The molecule has 0 heterocycles. The Labute approximate surface area is 171 Å². The molecule has 0 bridgehead atoms. The van der Waals surface area contributed by atoms with Gasteiger partial charge >= 0.3 is 29.6 Å². The minimum atomic E-state index is -4.39. The first kappa shape index (κ1) is 22.0. The molecule has 130 valence electrons. The molecule has 2 aromatic rings. The van der Waals surface area contributed by atoms with Gasteiger partial charge in [-0.3, -0.25) is 4.55 Å². The van der Waals surface area contributed by atoms with E-state index in [2.05, 4.69) is 6.92 Å². The van der Waals surface area contributed by atoms with Crippen LogP contribution in [0.4, 0.5) is 0 Å². The molecule has 1 N–H and O–H groups in total. The first-order chi connectivity index (χ1) is 11.4. The first-order valence-electron chi connectivity index (χ1n) is 7.95. The van der Waals surface area contributed by atoms with Crippen LogP contribution < -0.4 is 39.4 Å². The summed E-state index contributed by atoms with van der Waals surface area (Å²) >= 11 is 0. The van der Waals surface area contributed by atoms with Gasteiger partial charge in [0.1, 0.15) is 11.5 Å². The van der Waals surface area contributed by atoms with Crippen LogP contribution in [0.1, 0.15) is 38.2 Å². The smallest absolute Gasteiger partial charge is 0.870 e. The quantitative estimate of drug-likeness (QED) is 0.423. The zero-order chi connectivity index (χ0) is 17.6. The Bertz CT molecular complexity index is 790. The van der Waals surface area contributed by atoms with E-state index >= 15 is 0 Å². The summed E-state index contributed by atoms with van der Waals surface area (Å²) in [5.41, 5.74) is 1.13. The molecule has 0 unspecified atom stereocenters. The van der Waals surface area contributed by atoms with Gasteiger partial charge in [0, 0.05) is 0 Å². The molecule has 5 nitrogen and oxygen atoms in total. The molecule has 0 atom stereocenters. The molecule has 0 radical (unpaired) electrons. The fourth-order valence-corrected chi connectivity index (χ4v) is 2.88. The summed E-state index contributed by atoms with van der Waals surface area (Å²) in [6.45, 7) is 2.17. The van der Waals surface area contributed by atoms with Crippen molar-refractivity contribution >= 4 is 10.1 Å². The molecule has 0 aliphatic rings. The Kier molecular flexibility index (Phi) is 8.96. The Hall–Kier alpha value is -1.05. The van der Waals surface area contributed by atoms with Crippen LogP contribution in [-0.2, 0) is 16.5 Å². The predicted octanol–water partition coefficient (Wildman–Crippen LogP) is 0.926. The standard InChI is InChI=1S/C18H22O5S.Na/c1-2-3-4-5-7-14-8-6-9-15(12-14)23-18-11-10-16(13-17(18)19)24(20,21)22;/h6,8-13,19H,2-5,7H2,1H3,(H,20,21,22);/q;+1/p-1. The van der Waals surface area contributed by atoms with E-state index in [0.717, 1.165) is 30.5 Å². The van der Waals surface area contributed by atoms with Crippen LogP contribution in [0, 0.1) is 0 Å². The van der Waals surface area contributed by atoms with Gasteiger partial charge in [-0.05, 0) is 48.7 Å². The number of hydrogen-bond donors (Lipinski definition) is 1. The third-order valence-corrected chi connectivity index (χ3v) is 4.51. The summed E-state index contributed by atoms with van der Waals surface area (Å²) in [6.07, 6.45) is 5.64. The van der Waals surface area contributed by atoms with Crippen LogP contribution in [0.15, 0.2) is 47.4 Å². The molecule has 7 heteroatoms. The van der Waals surface area contributed by atoms with Crippen LogP contribution in [0.2, 0.25) is 0 Å². The second kappa shape index (κ2) is 10.2. The van der Waals surface area contributed by atoms with Gasteiger partial charge in [0.2, 0.25) is 0 Å². The van der Waals surface area contributed by atoms with Crippen LogP contribution in [0.25, 0.3) is 0 Å². The van der Waals surface area contributed by atoms with Crippen molar-refractivity contribution in [2.75, 3.05) is 0 Å². The van der Waals surface area contributed by atoms with Crippen molar-refractivity contribution in [1.82, 2.24) is 0 Å². The number of rotatable bonds is 8. The molecular formula is C18H21NaO5S. The predicted molar refractivity (Wildman–Crippen MR) is 90.1 cm³/mol. The molecule has 0 aliphatic heterocycles. The van der Waals surface area contributed by atoms with Gasteiger partial charge < -0.3 is 9.84 Å². The van der Waals surface area contributed by atoms with E-state index in [9.17, 15) is 13.5 Å². The van der Waals surface area contributed by atoms with Gasteiger partial charge in [0.05, 0.1) is 4.90 Å². The largest absolute Gasteiger partial charge is 1.00 e. The van der Waals surface area contributed by atoms with Gasteiger partial charge in [-0.15, -0.1) is 0 Å². The molecule has 2 aromatic carbocycles. The minimum absolute atomic E-state index is 0. The van der Waals surface area contributed by atoms with Crippen molar-refractivity contribution in [3.8, 4) is 17.2 Å². The second-order valence-electron chi connectivity index (χ2n) is 5.64. The average molecular weight is 372 g/mol. The maximum atomic E-state index is 11.9. The van der Waals surface area contributed by atoms with E-state index in [-0.39, 0.29) is 35.3 Å². The fraction of sp³-hybridized carbons (Fsp3) is 0.333. The summed E-state index contributed by atoms with van der Waals surface area (Å²) in [6, 6.07) is 10.7. The molecule has 25 heavy (non-hydrogen) atoms. The molecule has 0 aliphatic carbocycles. The number of benzene rings is 2. The molecular weight excluding hydrogens is 351 g/mol. The SMILES string of the molecule is CCCCCCc1cccc(Oc2ccc(S(=O)(=O)O)cc2[O-])c1.[Na+]. The maximum Gasteiger partial charge on any atom is 1.00 e. The van der Waals surface area contributed by atoms with E-state index in [0.29, 0.717) is 5.75 Å². The molecule has 0 fully saturated rings. The zero-order valence-corrected chi connectivity index (χ0v) is 17.4. The Morgan fingerprint density at radius 2 is 1.84 bits per heavy atom. The van der Waals surface area contributed by atoms with Gasteiger partial charge in [-0.25, -0.2) is 0 Å². The molecule has 0 saturated carbocycles. The van der Waals surface area contributed by atoms with E-state index in [1.807, 2.05) is 18.2 Å². The molecule has 0 spiro atoms. The van der Waals surface area contributed by atoms with Crippen LogP contribution in [0.3, 0.4) is 0 Å². The summed E-state index contributed by atoms with van der Waals surface area (Å²) < 4.78 is 36.5. The number of aryl methyl sites for hydroxylation is 1. The van der Waals surface area contributed by atoms with Crippen LogP contribution in [-0.4, -0.2) is 13.0 Å². The minimum Gasteiger partial charge on any atom is -0.870 e. The van der Waals surface area contributed by atoms with Crippen LogP contribution >= 0.6 is 0 Å². The summed E-state index contributed by atoms with van der Waals surface area (Å²) in [5, 5.41) is 11.9.